The van der Waals surface area contributed by atoms with Crippen LogP contribution in [0.5, 0.6) is 0 Å². The molecule has 0 heterocycles. The summed E-state index contributed by atoms with van der Waals surface area (Å²) in [6.45, 7) is 4.32. The highest BCUT2D eigenvalue weighted by Crippen LogP contribution is 2.18. The van der Waals surface area contributed by atoms with Crippen LogP contribution in [0.4, 0.5) is 5.69 Å². The van der Waals surface area contributed by atoms with Crippen LogP contribution in [0.1, 0.15) is 17.5 Å². The lowest BCUT2D eigenvalue weighted by Crippen LogP contribution is -2.23. The summed E-state index contributed by atoms with van der Waals surface area (Å²) in [6.07, 6.45) is 1.94. The molecule has 0 spiro atoms. The number of hydrogen-bond donors (Lipinski definition) is 2. The van der Waals surface area contributed by atoms with E-state index in [0.717, 1.165) is 31.5 Å². The summed E-state index contributed by atoms with van der Waals surface area (Å²) in [4.78, 5) is 10.2. The third kappa shape index (κ3) is 4.50. The Bertz CT molecular complexity index is 380. The molecule has 0 atom stereocenters. The quantitative estimate of drug-likeness (QED) is 0.426. The van der Waals surface area contributed by atoms with Gasteiger partial charge in [0.05, 0.1) is 4.92 Å². The fourth-order valence-electron chi connectivity index (χ4n) is 1.71. The Morgan fingerprint density at radius 3 is 2.76 bits per heavy atom. The first-order valence-corrected chi connectivity index (χ1v) is 5.80. The van der Waals surface area contributed by atoms with Gasteiger partial charge in [-0.15, -0.1) is 0 Å². The maximum atomic E-state index is 10.6. The molecule has 0 aliphatic rings. The van der Waals surface area contributed by atoms with Gasteiger partial charge in [0, 0.05) is 25.2 Å². The van der Waals surface area contributed by atoms with Gasteiger partial charge in [-0.3, -0.25) is 10.1 Å². The molecule has 94 valence electrons. The molecule has 0 fully saturated rings. The Labute approximate surface area is 101 Å². The molecule has 0 bridgehead atoms. The van der Waals surface area contributed by atoms with Crippen LogP contribution in [0, 0.1) is 17.0 Å². The van der Waals surface area contributed by atoms with Crippen molar-refractivity contribution < 1.29 is 4.92 Å². The molecule has 17 heavy (non-hydrogen) atoms. The highest BCUT2D eigenvalue weighted by atomic mass is 16.6. The summed E-state index contributed by atoms with van der Waals surface area (Å²) in [5.41, 5.74) is 7.68. The minimum atomic E-state index is -0.362. The molecule has 5 heteroatoms. The van der Waals surface area contributed by atoms with Gasteiger partial charge in [-0.05, 0) is 37.4 Å². The number of nitrogens with two attached hydrogens (primary N) is 1. The SMILES string of the molecule is Cc1cc([N+](=O)[O-])ccc1CCCNCCN. The van der Waals surface area contributed by atoms with Crippen LogP contribution in [0.3, 0.4) is 0 Å². The molecule has 0 saturated carbocycles. The standard InChI is InChI=1S/C12H19N3O2/c1-10-9-12(15(16)17)5-4-11(10)3-2-7-14-8-6-13/h4-5,9,14H,2-3,6-8,13H2,1H3. The zero-order chi connectivity index (χ0) is 12.7. The van der Waals surface area contributed by atoms with Crippen LogP contribution in [-0.4, -0.2) is 24.6 Å². The molecule has 0 saturated heterocycles. The summed E-state index contributed by atoms with van der Waals surface area (Å²) < 4.78 is 0. The van der Waals surface area contributed by atoms with Gasteiger partial charge in [0.25, 0.3) is 5.69 Å². The first-order valence-electron chi connectivity index (χ1n) is 5.80. The number of nitrogens with zero attached hydrogens (tertiary/aromatic N) is 1. The van der Waals surface area contributed by atoms with Gasteiger partial charge in [0.15, 0.2) is 0 Å². The fraction of sp³-hybridized carbons (Fsp3) is 0.500. The monoisotopic (exact) mass is 237 g/mol. The van der Waals surface area contributed by atoms with Crippen LogP contribution in [0.2, 0.25) is 0 Å². The van der Waals surface area contributed by atoms with Gasteiger partial charge in [0.1, 0.15) is 0 Å². The van der Waals surface area contributed by atoms with Crippen LogP contribution in [0.25, 0.3) is 0 Å². The number of benzene rings is 1. The smallest absolute Gasteiger partial charge is 0.269 e. The van der Waals surface area contributed by atoms with Gasteiger partial charge in [0.2, 0.25) is 0 Å². The number of nitrogens with one attached hydrogen (secondary N) is 1. The second-order valence-electron chi connectivity index (χ2n) is 4.01. The van der Waals surface area contributed by atoms with Crippen molar-refractivity contribution in [3.05, 3.63) is 39.4 Å². The van der Waals surface area contributed by atoms with Gasteiger partial charge >= 0.3 is 0 Å². The zero-order valence-corrected chi connectivity index (χ0v) is 10.1. The molecule has 0 unspecified atom stereocenters. The zero-order valence-electron chi connectivity index (χ0n) is 10.1. The van der Waals surface area contributed by atoms with Crippen molar-refractivity contribution in [2.75, 3.05) is 19.6 Å². The van der Waals surface area contributed by atoms with Crippen molar-refractivity contribution in [3.8, 4) is 0 Å². The van der Waals surface area contributed by atoms with E-state index in [1.165, 1.54) is 5.56 Å². The molecule has 1 aromatic rings. The Hall–Kier alpha value is -1.46. The lowest BCUT2D eigenvalue weighted by Gasteiger charge is -2.06. The summed E-state index contributed by atoms with van der Waals surface area (Å²) in [5, 5.41) is 13.8. The van der Waals surface area contributed by atoms with Crippen molar-refractivity contribution in [1.29, 1.82) is 0 Å². The first-order chi connectivity index (χ1) is 8.15. The van der Waals surface area contributed by atoms with E-state index in [9.17, 15) is 10.1 Å². The molecular weight excluding hydrogens is 218 g/mol. The second kappa shape index (κ2) is 6.98. The number of rotatable bonds is 7. The lowest BCUT2D eigenvalue weighted by molar-refractivity contribution is -0.384. The molecule has 0 aliphatic heterocycles. The molecular formula is C12H19N3O2. The maximum Gasteiger partial charge on any atom is 0.269 e. The van der Waals surface area contributed by atoms with Crippen molar-refractivity contribution >= 4 is 5.69 Å². The third-order valence-corrected chi connectivity index (χ3v) is 2.66. The fourth-order valence-corrected chi connectivity index (χ4v) is 1.71. The lowest BCUT2D eigenvalue weighted by atomic mass is 10.0. The van der Waals surface area contributed by atoms with Gasteiger partial charge < -0.3 is 11.1 Å². The topological polar surface area (TPSA) is 81.2 Å². The minimum absolute atomic E-state index is 0.160. The highest BCUT2D eigenvalue weighted by Gasteiger charge is 2.07. The highest BCUT2D eigenvalue weighted by molar-refractivity contribution is 5.39. The van der Waals surface area contributed by atoms with Crippen LogP contribution in [0.15, 0.2) is 18.2 Å². The first kappa shape index (κ1) is 13.6. The average Bonchev–Trinajstić information content (AvgIpc) is 2.30. The number of aryl methyl sites for hydroxylation is 2. The molecule has 3 N–H and O–H groups in total. The summed E-state index contributed by atoms with van der Waals surface area (Å²) in [6, 6.07) is 5.04. The van der Waals surface area contributed by atoms with E-state index in [0.29, 0.717) is 6.54 Å². The Kier molecular flexibility index (Phi) is 5.59. The van der Waals surface area contributed by atoms with E-state index in [1.807, 2.05) is 13.0 Å². The average molecular weight is 237 g/mol. The van der Waals surface area contributed by atoms with Crippen molar-refractivity contribution in [1.82, 2.24) is 5.32 Å². The molecule has 0 amide bonds. The molecule has 0 aromatic heterocycles. The van der Waals surface area contributed by atoms with Crippen molar-refractivity contribution in [2.24, 2.45) is 5.73 Å². The number of hydrogen-bond acceptors (Lipinski definition) is 4. The van der Waals surface area contributed by atoms with Crippen LogP contribution < -0.4 is 11.1 Å². The molecule has 0 radical (unpaired) electrons. The van der Waals surface area contributed by atoms with E-state index >= 15 is 0 Å². The summed E-state index contributed by atoms with van der Waals surface area (Å²) in [5.74, 6) is 0. The Morgan fingerprint density at radius 1 is 1.41 bits per heavy atom. The minimum Gasteiger partial charge on any atom is -0.329 e. The van der Waals surface area contributed by atoms with Gasteiger partial charge in [-0.2, -0.15) is 0 Å². The Balaban J connectivity index is 2.46. The van der Waals surface area contributed by atoms with E-state index in [4.69, 9.17) is 5.73 Å². The molecule has 1 aromatic carbocycles. The molecule has 5 nitrogen and oxygen atoms in total. The number of nitro benzene ring substituents is 1. The largest absolute Gasteiger partial charge is 0.329 e. The van der Waals surface area contributed by atoms with Gasteiger partial charge in [-0.1, -0.05) is 6.07 Å². The van der Waals surface area contributed by atoms with Crippen molar-refractivity contribution in [3.63, 3.8) is 0 Å². The Morgan fingerprint density at radius 2 is 2.18 bits per heavy atom. The van der Waals surface area contributed by atoms with Crippen LogP contribution >= 0.6 is 0 Å². The predicted octanol–water partition coefficient (Wildman–Crippen LogP) is 1.38. The summed E-state index contributed by atoms with van der Waals surface area (Å²) >= 11 is 0. The molecule has 0 aliphatic carbocycles. The van der Waals surface area contributed by atoms with E-state index in [-0.39, 0.29) is 10.6 Å². The number of non-ortho nitro benzene ring substituents is 1. The third-order valence-electron chi connectivity index (χ3n) is 2.66. The number of nitro groups is 1. The normalized spacial score (nSPS) is 10.5. The van der Waals surface area contributed by atoms with E-state index < -0.39 is 0 Å². The van der Waals surface area contributed by atoms with Crippen LogP contribution in [-0.2, 0) is 6.42 Å². The summed E-state index contributed by atoms with van der Waals surface area (Å²) in [7, 11) is 0. The molecule has 1 rings (SSSR count). The van der Waals surface area contributed by atoms with E-state index in [2.05, 4.69) is 5.32 Å². The van der Waals surface area contributed by atoms with E-state index in [1.54, 1.807) is 12.1 Å². The second-order valence-corrected chi connectivity index (χ2v) is 4.01. The predicted molar refractivity (Wildman–Crippen MR) is 68.1 cm³/mol. The van der Waals surface area contributed by atoms with Gasteiger partial charge in [-0.25, -0.2) is 0 Å². The van der Waals surface area contributed by atoms with Crippen molar-refractivity contribution in [2.45, 2.75) is 19.8 Å². The maximum absolute atomic E-state index is 10.6.